The molecule has 2 saturated carbocycles. The van der Waals surface area contributed by atoms with Crippen LogP contribution in [0.5, 0.6) is 0 Å². The van der Waals surface area contributed by atoms with Gasteiger partial charge < -0.3 is 10.1 Å². The number of methoxy groups -OCH3 is 1. The van der Waals surface area contributed by atoms with Gasteiger partial charge in [-0.3, -0.25) is 0 Å². The quantitative estimate of drug-likeness (QED) is 0.793. The van der Waals surface area contributed by atoms with Crippen molar-refractivity contribution in [2.45, 2.75) is 69.4 Å². The molecule has 116 valence electrons. The highest BCUT2D eigenvalue weighted by Crippen LogP contribution is 2.43. The van der Waals surface area contributed by atoms with Crippen molar-refractivity contribution in [3.63, 3.8) is 0 Å². The first-order valence-electron chi connectivity index (χ1n) is 8.65. The number of ether oxygens (including phenoxy) is 1. The van der Waals surface area contributed by atoms with Gasteiger partial charge in [0.15, 0.2) is 0 Å². The average molecular weight is 287 g/mol. The largest absolute Gasteiger partial charge is 0.378 e. The number of nitrogens with one attached hydrogen (secondary N) is 1. The van der Waals surface area contributed by atoms with Crippen molar-refractivity contribution in [3.8, 4) is 0 Å². The van der Waals surface area contributed by atoms with Crippen LogP contribution in [0.4, 0.5) is 0 Å². The molecule has 0 radical (unpaired) electrons. The van der Waals surface area contributed by atoms with Gasteiger partial charge in [-0.15, -0.1) is 0 Å². The average Bonchev–Trinajstić information content (AvgIpc) is 2.40. The second-order valence-corrected chi connectivity index (χ2v) is 6.85. The lowest BCUT2D eigenvalue weighted by molar-refractivity contribution is -0.0837. The summed E-state index contributed by atoms with van der Waals surface area (Å²) in [6, 6.07) is 9.71. The van der Waals surface area contributed by atoms with E-state index >= 15 is 0 Å². The lowest BCUT2D eigenvalue weighted by Crippen LogP contribution is -2.42. The van der Waals surface area contributed by atoms with Crippen LogP contribution in [-0.2, 0) is 4.74 Å². The summed E-state index contributed by atoms with van der Waals surface area (Å²) in [4.78, 5) is 0. The Morgan fingerprint density at radius 2 is 2.10 bits per heavy atom. The maximum absolute atomic E-state index is 5.84. The molecule has 2 heteroatoms. The highest BCUT2D eigenvalue weighted by molar-refractivity contribution is 5.30. The first-order chi connectivity index (χ1) is 10.3. The van der Waals surface area contributed by atoms with Gasteiger partial charge in [0.25, 0.3) is 0 Å². The Labute approximate surface area is 129 Å². The van der Waals surface area contributed by atoms with E-state index in [0.717, 1.165) is 18.9 Å². The highest BCUT2D eigenvalue weighted by atomic mass is 16.5. The van der Waals surface area contributed by atoms with Crippen molar-refractivity contribution < 1.29 is 4.74 Å². The Morgan fingerprint density at radius 3 is 2.62 bits per heavy atom. The molecule has 2 aliphatic carbocycles. The number of hydrogen-bond acceptors (Lipinski definition) is 2. The minimum Gasteiger partial charge on any atom is -0.378 e. The summed E-state index contributed by atoms with van der Waals surface area (Å²) in [6.45, 7) is 3.21. The van der Waals surface area contributed by atoms with Crippen LogP contribution in [0.15, 0.2) is 24.3 Å². The molecule has 21 heavy (non-hydrogen) atoms. The van der Waals surface area contributed by atoms with Gasteiger partial charge >= 0.3 is 0 Å². The predicted octanol–water partition coefficient (Wildman–Crippen LogP) is 4.56. The zero-order chi connectivity index (χ0) is 14.7. The first kappa shape index (κ1) is 15.1. The van der Waals surface area contributed by atoms with Gasteiger partial charge in [-0.2, -0.15) is 0 Å². The van der Waals surface area contributed by atoms with E-state index in [-0.39, 0.29) is 5.60 Å². The van der Waals surface area contributed by atoms with Gasteiger partial charge in [-0.25, -0.2) is 0 Å². The van der Waals surface area contributed by atoms with Crippen molar-refractivity contribution in [2.24, 2.45) is 0 Å². The minimum atomic E-state index is 0.124. The molecule has 3 rings (SSSR count). The summed E-state index contributed by atoms with van der Waals surface area (Å²) in [7, 11) is 1.88. The van der Waals surface area contributed by atoms with E-state index in [0.29, 0.717) is 6.04 Å². The minimum absolute atomic E-state index is 0.124. The molecule has 0 aromatic heterocycles. The van der Waals surface area contributed by atoms with Crippen molar-refractivity contribution >= 4 is 0 Å². The number of rotatable bonds is 7. The molecule has 0 saturated heterocycles. The van der Waals surface area contributed by atoms with Gasteiger partial charge in [-0.1, -0.05) is 37.6 Å². The summed E-state index contributed by atoms with van der Waals surface area (Å²) in [6.07, 6.45) is 8.99. The van der Waals surface area contributed by atoms with Crippen LogP contribution in [0.3, 0.4) is 0 Å². The number of benzene rings is 1. The zero-order valence-electron chi connectivity index (χ0n) is 13.5. The van der Waals surface area contributed by atoms with E-state index in [4.69, 9.17) is 4.74 Å². The van der Waals surface area contributed by atoms with Crippen molar-refractivity contribution in [1.29, 1.82) is 0 Å². The van der Waals surface area contributed by atoms with Crippen molar-refractivity contribution in [1.82, 2.24) is 5.32 Å². The Kier molecular flexibility index (Phi) is 4.66. The fourth-order valence-corrected chi connectivity index (χ4v) is 3.76. The van der Waals surface area contributed by atoms with Crippen molar-refractivity contribution in [2.75, 3.05) is 13.7 Å². The fraction of sp³-hybridized carbons (Fsp3) is 0.684. The van der Waals surface area contributed by atoms with Gasteiger partial charge in [0.2, 0.25) is 0 Å². The van der Waals surface area contributed by atoms with Gasteiger partial charge in [0.1, 0.15) is 0 Å². The van der Waals surface area contributed by atoms with Gasteiger partial charge in [0, 0.05) is 13.2 Å². The van der Waals surface area contributed by atoms with E-state index in [2.05, 4.69) is 36.5 Å². The maximum atomic E-state index is 5.84. The SMILES string of the molecule is CCNC(CC1(OC)CCC1)c1cccc(C2CCC2)c1. The molecule has 1 unspecified atom stereocenters. The Morgan fingerprint density at radius 1 is 1.29 bits per heavy atom. The monoisotopic (exact) mass is 287 g/mol. The second kappa shape index (κ2) is 6.50. The summed E-state index contributed by atoms with van der Waals surface area (Å²) in [5.41, 5.74) is 3.12. The molecular weight excluding hydrogens is 258 g/mol. The molecule has 0 amide bonds. The smallest absolute Gasteiger partial charge is 0.0697 e. The Hall–Kier alpha value is -0.860. The molecule has 1 atom stereocenters. The van der Waals surface area contributed by atoms with Crippen LogP contribution in [0, 0.1) is 0 Å². The van der Waals surface area contributed by atoms with E-state index in [1.54, 1.807) is 5.56 Å². The third kappa shape index (κ3) is 3.17. The molecule has 0 aliphatic heterocycles. The topological polar surface area (TPSA) is 21.3 Å². The summed E-state index contributed by atoms with van der Waals surface area (Å²) < 4.78 is 5.84. The summed E-state index contributed by atoms with van der Waals surface area (Å²) in [5, 5.41) is 3.68. The normalized spacial score (nSPS) is 22.4. The van der Waals surface area contributed by atoms with Crippen LogP contribution >= 0.6 is 0 Å². The molecule has 1 aromatic rings. The molecule has 0 spiro atoms. The summed E-state index contributed by atoms with van der Waals surface area (Å²) >= 11 is 0. The molecule has 2 nitrogen and oxygen atoms in total. The summed E-state index contributed by atoms with van der Waals surface area (Å²) in [5.74, 6) is 0.812. The third-order valence-electron chi connectivity index (χ3n) is 5.61. The Bertz CT molecular complexity index is 457. The van der Waals surface area contributed by atoms with E-state index in [9.17, 15) is 0 Å². The number of hydrogen-bond donors (Lipinski definition) is 1. The van der Waals surface area contributed by atoms with Crippen LogP contribution < -0.4 is 5.32 Å². The van der Waals surface area contributed by atoms with Crippen molar-refractivity contribution in [3.05, 3.63) is 35.4 Å². The lowest BCUT2D eigenvalue weighted by atomic mass is 9.74. The molecule has 1 aromatic carbocycles. The standard InChI is InChI=1S/C19H29NO/c1-3-20-18(14-19(21-2)11-6-12-19)17-10-5-9-16(13-17)15-7-4-8-15/h5,9-10,13,15,18,20H,3-4,6-8,11-12,14H2,1-2H3. The molecule has 2 aliphatic rings. The highest BCUT2D eigenvalue weighted by Gasteiger charge is 2.39. The van der Waals surface area contributed by atoms with Gasteiger partial charge in [-0.05, 0) is 62.1 Å². The first-order valence-corrected chi connectivity index (χ1v) is 8.65. The van der Waals surface area contributed by atoms with E-state index in [1.807, 2.05) is 7.11 Å². The molecule has 2 fully saturated rings. The Balaban J connectivity index is 1.76. The maximum Gasteiger partial charge on any atom is 0.0697 e. The zero-order valence-corrected chi connectivity index (χ0v) is 13.5. The molecule has 0 bridgehead atoms. The second-order valence-electron chi connectivity index (χ2n) is 6.85. The van der Waals surface area contributed by atoms with E-state index < -0.39 is 0 Å². The van der Waals surface area contributed by atoms with Crippen LogP contribution in [0.25, 0.3) is 0 Å². The molecule has 0 heterocycles. The van der Waals surface area contributed by atoms with Crippen LogP contribution in [0.1, 0.15) is 75.0 Å². The fourth-order valence-electron chi connectivity index (χ4n) is 3.76. The predicted molar refractivity (Wildman–Crippen MR) is 87.7 cm³/mol. The molecule has 1 N–H and O–H groups in total. The third-order valence-corrected chi connectivity index (χ3v) is 5.61. The lowest BCUT2D eigenvalue weighted by Gasteiger charge is -2.43. The van der Waals surface area contributed by atoms with E-state index in [1.165, 1.54) is 44.1 Å². The van der Waals surface area contributed by atoms with Crippen LogP contribution in [-0.4, -0.2) is 19.3 Å². The van der Waals surface area contributed by atoms with Gasteiger partial charge in [0.05, 0.1) is 5.60 Å². The van der Waals surface area contributed by atoms with Crippen LogP contribution in [0.2, 0.25) is 0 Å². The molecular formula is C19H29NO.